The number of rotatable bonds is 4. The minimum Gasteiger partial charge on any atom is -0.274 e. The van der Waals surface area contributed by atoms with Crippen LogP contribution in [0, 0.1) is 6.92 Å². The zero-order valence-corrected chi connectivity index (χ0v) is 17.7. The summed E-state index contributed by atoms with van der Waals surface area (Å²) in [5, 5.41) is 5.75. The molecule has 0 aliphatic carbocycles. The van der Waals surface area contributed by atoms with E-state index in [1.54, 1.807) is 17.5 Å². The van der Waals surface area contributed by atoms with Crippen LogP contribution >= 0.6 is 11.3 Å². The first-order valence-corrected chi connectivity index (χ1v) is 11.0. The van der Waals surface area contributed by atoms with Crippen LogP contribution in [-0.4, -0.2) is 29.2 Å². The molecule has 0 aliphatic rings. The molecule has 0 atom stereocenters. The van der Waals surface area contributed by atoms with Crippen LogP contribution in [0.4, 0.5) is 0 Å². The van der Waals surface area contributed by atoms with Gasteiger partial charge < -0.3 is 0 Å². The van der Waals surface area contributed by atoms with Crippen LogP contribution in [-0.2, 0) is 14.8 Å². The SMILES string of the molecule is CC(=O)N(/N=c1/scc(-c2ccccc2)n1C(C)=O)S(=O)(=O)c1ccc(C)cc1. The molecule has 0 fully saturated rings. The molecule has 0 N–H and O–H groups in total. The maximum absolute atomic E-state index is 13.0. The fourth-order valence-electron chi connectivity index (χ4n) is 2.68. The number of nitrogens with zero attached hydrogens (tertiary/aromatic N) is 3. The lowest BCUT2D eigenvalue weighted by atomic mass is 10.2. The van der Waals surface area contributed by atoms with E-state index in [0.29, 0.717) is 10.1 Å². The summed E-state index contributed by atoms with van der Waals surface area (Å²) in [6, 6.07) is 15.3. The summed E-state index contributed by atoms with van der Waals surface area (Å²) in [6.07, 6.45) is 0. The highest BCUT2D eigenvalue weighted by atomic mass is 32.2. The first-order valence-electron chi connectivity index (χ1n) is 8.66. The van der Waals surface area contributed by atoms with Crippen LogP contribution in [0.3, 0.4) is 0 Å². The van der Waals surface area contributed by atoms with Gasteiger partial charge in [-0.15, -0.1) is 20.9 Å². The first-order chi connectivity index (χ1) is 13.7. The smallest absolute Gasteiger partial charge is 0.274 e. The summed E-state index contributed by atoms with van der Waals surface area (Å²) >= 11 is 1.08. The highest BCUT2D eigenvalue weighted by Gasteiger charge is 2.27. The third-order valence-corrected chi connectivity index (χ3v) is 6.56. The summed E-state index contributed by atoms with van der Waals surface area (Å²) in [6.45, 7) is 4.29. The van der Waals surface area contributed by atoms with Gasteiger partial charge in [0.1, 0.15) is 0 Å². The Hall–Kier alpha value is -3.04. The Balaban J connectivity index is 2.18. The summed E-state index contributed by atoms with van der Waals surface area (Å²) in [5.74, 6) is -1.13. The van der Waals surface area contributed by atoms with Gasteiger partial charge in [0, 0.05) is 19.2 Å². The number of hydrogen-bond donors (Lipinski definition) is 0. The first kappa shape index (κ1) is 20.7. The molecule has 1 aromatic heterocycles. The number of thiazole rings is 1. The molecule has 9 heteroatoms. The molecule has 3 rings (SSSR count). The minimum atomic E-state index is -4.21. The number of carbonyl (C=O) groups excluding carboxylic acids is 2. The number of benzene rings is 2. The third kappa shape index (κ3) is 4.20. The number of aryl methyl sites for hydroxylation is 1. The van der Waals surface area contributed by atoms with Crippen molar-refractivity contribution in [1.29, 1.82) is 0 Å². The lowest BCUT2D eigenvalue weighted by molar-refractivity contribution is -0.124. The van der Waals surface area contributed by atoms with E-state index in [0.717, 1.165) is 29.4 Å². The van der Waals surface area contributed by atoms with Crippen LogP contribution in [0.25, 0.3) is 11.3 Å². The summed E-state index contributed by atoms with van der Waals surface area (Å²) in [7, 11) is -4.21. The van der Waals surface area contributed by atoms with Crippen molar-refractivity contribution in [3.05, 3.63) is 70.3 Å². The molecule has 3 aromatic rings. The van der Waals surface area contributed by atoms with Crippen molar-refractivity contribution in [2.45, 2.75) is 25.7 Å². The van der Waals surface area contributed by atoms with Crippen LogP contribution in [0.5, 0.6) is 0 Å². The Morgan fingerprint density at radius 2 is 1.62 bits per heavy atom. The molecule has 0 unspecified atom stereocenters. The number of hydrogen-bond acceptors (Lipinski definition) is 6. The second-order valence-corrected chi connectivity index (χ2v) is 8.91. The third-order valence-electron chi connectivity index (χ3n) is 4.08. The maximum atomic E-state index is 13.0. The van der Waals surface area contributed by atoms with Gasteiger partial charge in [-0.2, -0.15) is 8.42 Å². The van der Waals surface area contributed by atoms with Gasteiger partial charge in [-0.3, -0.25) is 14.2 Å². The average molecular weight is 430 g/mol. The zero-order valence-electron chi connectivity index (χ0n) is 16.1. The highest BCUT2D eigenvalue weighted by Crippen LogP contribution is 2.21. The van der Waals surface area contributed by atoms with Crippen molar-refractivity contribution in [3.63, 3.8) is 0 Å². The van der Waals surface area contributed by atoms with Gasteiger partial charge in [0.05, 0.1) is 10.6 Å². The van der Waals surface area contributed by atoms with E-state index in [1.807, 2.05) is 37.3 Å². The normalized spacial score (nSPS) is 12.0. The number of carbonyl (C=O) groups is 2. The zero-order chi connectivity index (χ0) is 21.2. The van der Waals surface area contributed by atoms with E-state index in [4.69, 9.17) is 0 Å². The second-order valence-electron chi connectivity index (χ2n) is 6.30. The number of amides is 1. The quantitative estimate of drug-likeness (QED) is 0.596. The van der Waals surface area contributed by atoms with E-state index in [9.17, 15) is 18.0 Å². The molecule has 0 aliphatic heterocycles. The van der Waals surface area contributed by atoms with E-state index < -0.39 is 15.9 Å². The Morgan fingerprint density at radius 3 is 2.17 bits per heavy atom. The largest absolute Gasteiger partial charge is 0.286 e. The summed E-state index contributed by atoms with van der Waals surface area (Å²) in [4.78, 5) is 24.5. The van der Waals surface area contributed by atoms with Crippen molar-refractivity contribution in [2.24, 2.45) is 5.10 Å². The van der Waals surface area contributed by atoms with Gasteiger partial charge >= 0.3 is 0 Å². The van der Waals surface area contributed by atoms with Crippen LogP contribution in [0.15, 0.2) is 70.0 Å². The fraction of sp³-hybridized carbons (Fsp3) is 0.150. The predicted molar refractivity (Wildman–Crippen MR) is 110 cm³/mol. The Bertz CT molecular complexity index is 1220. The molecule has 0 radical (unpaired) electrons. The molecule has 2 aromatic carbocycles. The van der Waals surface area contributed by atoms with Gasteiger partial charge in [0.15, 0.2) is 0 Å². The molecule has 1 amide bonds. The van der Waals surface area contributed by atoms with Gasteiger partial charge in [-0.05, 0) is 24.6 Å². The molecular formula is C20H19N3O4S2. The Morgan fingerprint density at radius 1 is 1.00 bits per heavy atom. The van der Waals surface area contributed by atoms with Gasteiger partial charge in [0.25, 0.3) is 15.9 Å². The predicted octanol–water partition coefficient (Wildman–Crippen LogP) is 3.24. The summed E-state index contributed by atoms with van der Waals surface area (Å²) < 4.78 is 27.7. The molecule has 0 spiro atoms. The topological polar surface area (TPSA) is 88.8 Å². The van der Waals surface area contributed by atoms with E-state index in [1.165, 1.54) is 23.6 Å². The molecule has 7 nitrogen and oxygen atoms in total. The maximum Gasteiger partial charge on any atom is 0.286 e. The fourth-order valence-corrected chi connectivity index (χ4v) is 4.85. The Labute approximate surface area is 172 Å². The van der Waals surface area contributed by atoms with Crippen molar-refractivity contribution in [2.75, 3.05) is 0 Å². The highest BCUT2D eigenvalue weighted by molar-refractivity contribution is 7.89. The standard InChI is InChI=1S/C20H19N3O4S2/c1-14-9-11-18(12-10-14)29(26,27)23(16(3)25)21-20-22(15(2)24)19(13-28-20)17-7-5-4-6-8-17/h4-13H,1-3H3/b21-20+. The van der Waals surface area contributed by atoms with Crippen molar-refractivity contribution < 1.29 is 18.0 Å². The van der Waals surface area contributed by atoms with Crippen molar-refractivity contribution in [1.82, 2.24) is 8.98 Å². The molecule has 0 saturated carbocycles. The van der Waals surface area contributed by atoms with Gasteiger partial charge in [0.2, 0.25) is 10.7 Å². The Kier molecular flexibility index (Phi) is 5.81. The van der Waals surface area contributed by atoms with E-state index >= 15 is 0 Å². The minimum absolute atomic E-state index is 0.0590. The van der Waals surface area contributed by atoms with E-state index in [-0.39, 0.29) is 15.6 Å². The van der Waals surface area contributed by atoms with Crippen LogP contribution in [0.2, 0.25) is 0 Å². The van der Waals surface area contributed by atoms with Gasteiger partial charge in [-0.1, -0.05) is 48.0 Å². The lowest BCUT2D eigenvalue weighted by Gasteiger charge is -2.15. The summed E-state index contributed by atoms with van der Waals surface area (Å²) in [5.41, 5.74) is 2.23. The number of aromatic nitrogens is 1. The van der Waals surface area contributed by atoms with Crippen LogP contribution in [0.1, 0.15) is 24.2 Å². The number of sulfonamides is 1. The lowest BCUT2D eigenvalue weighted by Crippen LogP contribution is -2.34. The van der Waals surface area contributed by atoms with Crippen molar-refractivity contribution in [3.8, 4) is 11.3 Å². The molecular weight excluding hydrogens is 410 g/mol. The van der Waals surface area contributed by atoms with Crippen molar-refractivity contribution >= 4 is 33.2 Å². The van der Waals surface area contributed by atoms with Crippen LogP contribution < -0.4 is 4.80 Å². The molecule has 29 heavy (non-hydrogen) atoms. The molecule has 0 bridgehead atoms. The van der Waals surface area contributed by atoms with E-state index in [2.05, 4.69) is 5.10 Å². The average Bonchev–Trinajstić information content (AvgIpc) is 3.11. The monoisotopic (exact) mass is 429 g/mol. The molecule has 150 valence electrons. The molecule has 0 saturated heterocycles. The van der Waals surface area contributed by atoms with Gasteiger partial charge in [-0.25, -0.2) is 0 Å². The second kappa shape index (κ2) is 8.14. The molecule has 1 heterocycles.